The molecule has 0 aromatic heterocycles. The maximum atomic E-state index is 12.6. The Kier molecular flexibility index (Phi) is 5.37. The molecular formula is C16H20ClNO3. The number of Topliss-reactive ketones (excluding diaryl/α,β-unsaturated/α-hetero) is 1. The van der Waals surface area contributed by atoms with Crippen molar-refractivity contribution in [3.63, 3.8) is 0 Å². The van der Waals surface area contributed by atoms with E-state index in [1.54, 1.807) is 6.07 Å². The van der Waals surface area contributed by atoms with Gasteiger partial charge in [-0.15, -0.1) is 0 Å². The Morgan fingerprint density at radius 1 is 1.33 bits per heavy atom. The first kappa shape index (κ1) is 16.0. The SMILES string of the molecule is O=C(O)CCCNC1(c2ccccc2Cl)CCCCC1=O. The van der Waals surface area contributed by atoms with E-state index in [0.29, 0.717) is 30.8 Å². The monoisotopic (exact) mass is 309 g/mol. The summed E-state index contributed by atoms with van der Waals surface area (Å²) in [5, 5.41) is 12.6. The van der Waals surface area contributed by atoms with Crippen LogP contribution in [0.1, 0.15) is 44.1 Å². The molecule has 1 aliphatic rings. The van der Waals surface area contributed by atoms with Crippen molar-refractivity contribution in [3.05, 3.63) is 34.9 Å². The van der Waals surface area contributed by atoms with Crippen molar-refractivity contribution in [3.8, 4) is 0 Å². The molecule has 0 saturated heterocycles. The lowest BCUT2D eigenvalue weighted by molar-refractivity contribution is -0.137. The second-order valence-corrected chi connectivity index (χ2v) is 5.85. The van der Waals surface area contributed by atoms with Crippen molar-refractivity contribution in [2.24, 2.45) is 0 Å². The molecule has 21 heavy (non-hydrogen) atoms. The van der Waals surface area contributed by atoms with Crippen LogP contribution in [0.4, 0.5) is 0 Å². The van der Waals surface area contributed by atoms with Crippen LogP contribution < -0.4 is 5.32 Å². The topological polar surface area (TPSA) is 66.4 Å². The van der Waals surface area contributed by atoms with Gasteiger partial charge in [0.1, 0.15) is 5.54 Å². The quantitative estimate of drug-likeness (QED) is 0.792. The van der Waals surface area contributed by atoms with E-state index in [1.807, 2.05) is 18.2 Å². The summed E-state index contributed by atoms with van der Waals surface area (Å²) >= 11 is 6.29. The number of hydrogen-bond acceptors (Lipinski definition) is 3. The summed E-state index contributed by atoms with van der Waals surface area (Å²) in [5.74, 6) is -0.671. The Morgan fingerprint density at radius 2 is 2.10 bits per heavy atom. The van der Waals surface area contributed by atoms with Gasteiger partial charge in [-0.05, 0) is 37.4 Å². The number of aliphatic carboxylic acids is 1. The number of hydrogen-bond donors (Lipinski definition) is 2. The van der Waals surface area contributed by atoms with Crippen LogP contribution in [0.3, 0.4) is 0 Å². The van der Waals surface area contributed by atoms with Crippen molar-refractivity contribution in [2.75, 3.05) is 6.54 Å². The average Bonchev–Trinajstić information content (AvgIpc) is 2.46. The number of carbonyl (C=O) groups excluding carboxylic acids is 1. The summed E-state index contributed by atoms with van der Waals surface area (Å²) in [6.45, 7) is 0.489. The van der Waals surface area contributed by atoms with Crippen molar-refractivity contribution in [1.82, 2.24) is 5.32 Å². The Hall–Kier alpha value is -1.39. The van der Waals surface area contributed by atoms with Crippen LogP contribution in [-0.2, 0) is 15.1 Å². The predicted octanol–water partition coefficient (Wildman–Crippen LogP) is 3.13. The largest absolute Gasteiger partial charge is 0.481 e. The molecule has 0 heterocycles. The standard InChI is InChI=1S/C16H20ClNO3/c17-13-7-2-1-6-12(13)16(10-4-3-8-14(16)19)18-11-5-9-15(20)21/h1-2,6-7,18H,3-5,8-11H2,(H,20,21). The molecule has 0 amide bonds. The molecule has 1 fully saturated rings. The van der Waals surface area contributed by atoms with Gasteiger partial charge in [0.15, 0.2) is 5.78 Å². The van der Waals surface area contributed by atoms with E-state index in [9.17, 15) is 9.59 Å². The van der Waals surface area contributed by atoms with Crippen LogP contribution >= 0.6 is 11.6 Å². The molecule has 2 N–H and O–H groups in total. The van der Waals surface area contributed by atoms with Gasteiger partial charge in [0.2, 0.25) is 0 Å². The molecule has 0 radical (unpaired) electrons. The van der Waals surface area contributed by atoms with Gasteiger partial charge in [-0.3, -0.25) is 9.59 Å². The van der Waals surface area contributed by atoms with Crippen molar-refractivity contribution >= 4 is 23.4 Å². The zero-order valence-electron chi connectivity index (χ0n) is 11.9. The third-order valence-electron chi connectivity index (χ3n) is 4.01. The molecule has 0 aliphatic heterocycles. The molecule has 5 heteroatoms. The third-order valence-corrected chi connectivity index (χ3v) is 4.34. The first-order valence-corrected chi connectivity index (χ1v) is 7.69. The Bertz CT molecular complexity index is 532. The summed E-state index contributed by atoms with van der Waals surface area (Å²) in [5.41, 5.74) is 0.0569. The van der Waals surface area contributed by atoms with E-state index in [2.05, 4.69) is 5.32 Å². The zero-order chi connectivity index (χ0) is 15.3. The second kappa shape index (κ2) is 7.05. The Balaban J connectivity index is 2.21. The van der Waals surface area contributed by atoms with E-state index in [0.717, 1.165) is 18.4 Å². The first-order chi connectivity index (χ1) is 10.1. The van der Waals surface area contributed by atoms with Crippen LogP contribution in [0.2, 0.25) is 5.02 Å². The minimum Gasteiger partial charge on any atom is -0.481 e. The highest BCUT2D eigenvalue weighted by Crippen LogP contribution is 2.37. The van der Waals surface area contributed by atoms with E-state index in [1.165, 1.54) is 0 Å². The van der Waals surface area contributed by atoms with Crippen LogP contribution in [0.15, 0.2) is 24.3 Å². The summed E-state index contributed by atoms with van der Waals surface area (Å²) in [7, 11) is 0. The molecule has 1 aromatic carbocycles. The number of carbonyl (C=O) groups is 2. The van der Waals surface area contributed by atoms with Gasteiger partial charge in [-0.2, -0.15) is 0 Å². The summed E-state index contributed by atoms with van der Waals surface area (Å²) in [6.07, 6.45) is 3.71. The van der Waals surface area contributed by atoms with E-state index in [4.69, 9.17) is 16.7 Å². The number of halogens is 1. The number of benzene rings is 1. The smallest absolute Gasteiger partial charge is 0.303 e. The maximum absolute atomic E-state index is 12.6. The molecule has 1 aromatic rings. The predicted molar refractivity (Wildman–Crippen MR) is 81.5 cm³/mol. The summed E-state index contributed by atoms with van der Waals surface area (Å²) < 4.78 is 0. The molecule has 114 valence electrons. The van der Waals surface area contributed by atoms with Crippen LogP contribution in [0, 0.1) is 0 Å². The van der Waals surface area contributed by atoms with Crippen molar-refractivity contribution < 1.29 is 14.7 Å². The van der Waals surface area contributed by atoms with Crippen LogP contribution in [-0.4, -0.2) is 23.4 Å². The van der Waals surface area contributed by atoms with E-state index >= 15 is 0 Å². The van der Waals surface area contributed by atoms with Gasteiger partial charge in [0.25, 0.3) is 0 Å². The Morgan fingerprint density at radius 3 is 2.76 bits per heavy atom. The van der Waals surface area contributed by atoms with Gasteiger partial charge >= 0.3 is 5.97 Å². The molecule has 1 saturated carbocycles. The Labute approximate surface area is 129 Å². The molecule has 0 bridgehead atoms. The molecular weight excluding hydrogens is 290 g/mol. The lowest BCUT2D eigenvalue weighted by Crippen LogP contribution is -2.51. The van der Waals surface area contributed by atoms with E-state index in [-0.39, 0.29) is 12.2 Å². The molecule has 1 aliphatic carbocycles. The summed E-state index contributed by atoms with van der Waals surface area (Å²) in [4.78, 5) is 23.2. The fraction of sp³-hybridized carbons (Fsp3) is 0.500. The van der Waals surface area contributed by atoms with E-state index < -0.39 is 11.5 Å². The minimum absolute atomic E-state index is 0.0970. The highest BCUT2D eigenvalue weighted by molar-refractivity contribution is 6.31. The van der Waals surface area contributed by atoms with Gasteiger partial charge in [0.05, 0.1) is 0 Å². The lowest BCUT2D eigenvalue weighted by Gasteiger charge is -2.38. The number of carboxylic acid groups (broad SMARTS) is 1. The molecule has 4 nitrogen and oxygen atoms in total. The fourth-order valence-corrected chi connectivity index (χ4v) is 3.24. The molecule has 1 unspecified atom stereocenters. The minimum atomic E-state index is -0.821. The fourth-order valence-electron chi connectivity index (χ4n) is 2.94. The highest BCUT2D eigenvalue weighted by atomic mass is 35.5. The van der Waals surface area contributed by atoms with Crippen LogP contribution in [0.5, 0.6) is 0 Å². The lowest BCUT2D eigenvalue weighted by atomic mass is 9.75. The van der Waals surface area contributed by atoms with Gasteiger partial charge in [0, 0.05) is 17.9 Å². The van der Waals surface area contributed by atoms with Gasteiger partial charge in [-0.25, -0.2) is 0 Å². The first-order valence-electron chi connectivity index (χ1n) is 7.31. The van der Waals surface area contributed by atoms with Crippen LogP contribution in [0.25, 0.3) is 0 Å². The maximum Gasteiger partial charge on any atom is 0.303 e. The normalized spacial score (nSPS) is 22.2. The number of ketones is 1. The summed E-state index contributed by atoms with van der Waals surface area (Å²) in [6, 6.07) is 7.40. The number of rotatable bonds is 6. The van der Waals surface area contributed by atoms with Gasteiger partial charge < -0.3 is 10.4 Å². The van der Waals surface area contributed by atoms with Gasteiger partial charge in [-0.1, -0.05) is 36.2 Å². The second-order valence-electron chi connectivity index (χ2n) is 5.44. The number of carboxylic acids is 1. The molecule has 2 rings (SSSR count). The van der Waals surface area contributed by atoms with Crippen molar-refractivity contribution in [2.45, 2.75) is 44.1 Å². The average molecular weight is 310 g/mol. The zero-order valence-corrected chi connectivity index (χ0v) is 12.7. The third kappa shape index (κ3) is 3.63. The highest BCUT2D eigenvalue weighted by Gasteiger charge is 2.41. The molecule has 1 atom stereocenters. The number of nitrogens with one attached hydrogen (secondary N) is 1. The molecule has 0 spiro atoms. The van der Waals surface area contributed by atoms with Crippen molar-refractivity contribution in [1.29, 1.82) is 0 Å².